The molecule has 1 N–H and O–H groups in total. The third-order valence-corrected chi connectivity index (χ3v) is 8.09. The van der Waals surface area contributed by atoms with Crippen LogP contribution in [-0.4, -0.2) is 52.4 Å². The molecule has 4 aliphatic rings. The molecule has 29 heavy (non-hydrogen) atoms. The Kier molecular flexibility index (Phi) is 4.28. The van der Waals surface area contributed by atoms with Gasteiger partial charge in [0.05, 0.1) is 6.04 Å². The molecule has 0 saturated carbocycles. The number of aromatic nitrogens is 1. The van der Waals surface area contributed by atoms with Crippen LogP contribution in [0.15, 0.2) is 35.9 Å². The monoisotopic (exact) mass is 409 g/mol. The molecule has 4 atom stereocenters. The summed E-state index contributed by atoms with van der Waals surface area (Å²) in [5, 5.41) is 1.63. The summed E-state index contributed by atoms with van der Waals surface area (Å²) in [7, 11) is 0. The number of benzene rings is 1. The van der Waals surface area contributed by atoms with E-state index < -0.39 is 0 Å². The van der Waals surface area contributed by atoms with Crippen LogP contribution in [0.4, 0.5) is 0 Å². The second kappa shape index (κ2) is 6.88. The van der Waals surface area contributed by atoms with E-state index >= 15 is 0 Å². The Balaban J connectivity index is 1.34. The quantitative estimate of drug-likeness (QED) is 0.683. The second-order valence-corrected chi connectivity index (χ2v) is 9.80. The van der Waals surface area contributed by atoms with Gasteiger partial charge in [0.15, 0.2) is 0 Å². The van der Waals surface area contributed by atoms with E-state index in [0.29, 0.717) is 22.6 Å². The molecule has 0 spiro atoms. The van der Waals surface area contributed by atoms with Gasteiger partial charge in [-0.3, -0.25) is 9.69 Å². The fourth-order valence-electron chi connectivity index (χ4n) is 6.59. The first-order valence-electron chi connectivity index (χ1n) is 11.2. The van der Waals surface area contributed by atoms with Crippen molar-refractivity contribution >= 4 is 28.4 Å². The number of aromatic amines is 1. The molecule has 0 radical (unpaired) electrons. The normalized spacial score (nSPS) is 31.9. The van der Waals surface area contributed by atoms with E-state index in [-0.39, 0.29) is 11.9 Å². The smallest absolute Gasteiger partial charge is 0.270 e. The van der Waals surface area contributed by atoms with Gasteiger partial charge in [0.1, 0.15) is 5.69 Å². The third kappa shape index (κ3) is 2.87. The minimum absolute atomic E-state index is 0.132. The lowest BCUT2D eigenvalue weighted by Gasteiger charge is -2.54. The van der Waals surface area contributed by atoms with E-state index in [0.717, 1.165) is 42.9 Å². The van der Waals surface area contributed by atoms with Crippen LogP contribution in [0.25, 0.3) is 10.9 Å². The number of amides is 1. The van der Waals surface area contributed by atoms with Crippen LogP contribution >= 0.6 is 11.6 Å². The minimum Gasteiger partial charge on any atom is -0.350 e. The summed E-state index contributed by atoms with van der Waals surface area (Å²) in [5.74, 6) is 1.40. The zero-order valence-electron chi connectivity index (χ0n) is 16.7. The molecule has 3 fully saturated rings. The summed E-state index contributed by atoms with van der Waals surface area (Å²) in [5.41, 5.74) is 3.14. The number of rotatable bonds is 1. The summed E-state index contributed by atoms with van der Waals surface area (Å²) in [6.07, 6.45) is 10.1. The lowest BCUT2D eigenvalue weighted by Crippen LogP contribution is -2.60. The van der Waals surface area contributed by atoms with Crippen molar-refractivity contribution in [1.29, 1.82) is 0 Å². The Morgan fingerprint density at radius 2 is 2.10 bits per heavy atom. The van der Waals surface area contributed by atoms with Crippen LogP contribution in [0.5, 0.6) is 0 Å². The van der Waals surface area contributed by atoms with Gasteiger partial charge in [0.25, 0.3) is 5.91 Å². The number of carbonyl (C=O) groups excluding carboxylic acids is 1. The number of likely N-dealkylation sites (tertiary alicyclic amines) is 1. The topological polar surface area (TPSA) is 39.3 Å². The van der Waals surface area contributed by atoms with Gasteiger partial charge in [0, 0.05) is 35.1 Å². The Morgan fingerprint density at radius 3 is 3.00 bits per heavy atom. The lowest BCUT2D eigenvalue weighted by molar-refractivity contribution is 0.00134. The first-order chi connectivity index (χ1) is 14.2. The van der Waals surface area contributed by atoms with E-state index in [4.69, 9.17) is 11.6 Å². The Labute approximate surface area is 176 Å². The number of carbonyl (C=O) groups is 1. The first-order valence-corrected chi connectivity index (χ1v) is 11.6. The van der Waals surface area contributed by atoms with Crippen molar-refractivity contribution in [3.8, 4) is 0 Å². The second-order valence-electron chi connectivity index (χ2n) is 9.39. The van der Waals surface area contributed by atoms with Crippen LogP contribution in [0, 0.1) is 11.8 Å². The minimum atomic E-state index is 0.132. The number of H-pyrrole nitrogens is 1. The maximum atomic E-state index is 13.6. The Bertz CT molecular complexity index is 995. The number of nitrogens with one attached hydrogen (secondary N) is 1. The van der Waals surface area contributed by atoms with E-state index in [9.17, 15) is 4.79 Å². The van der Waals surface area contributed by atoms with Gasteiger partial charge in [-0.1, -0.05) is 35.7 Å². The zero-order chi connectivity index (χ0) is 19.5. The molecule has 2 aromatic rings. The number of hydrogen-bond acceptors (Lipinski definition) is 2. The summed E-state index contributed by atoms with van der Waals surface area (Å²) in [6.45, 7) is 3.25. The predicted molar refractivity (Wildman–Crippen MR) is 116 cm³/mol. The third-order valence-electron chi connectivity index (χ3n) is 7.76. The SMILES string of the molecule is O=C(c1cc2c(Cl)cccc2[nH]1)N1CCCC2=C[C@@H]3C[C@@H](CN4CCCC[C@H]34)[C@@H]21. The summed E-state index contributed by atoms with van der Waals surface area (Å²) >= 11 is 6.35. The molecule has 3 aliphatic heterocycles. The number of hydrogen-bond donors (Lipinski definition) is 1. The highest BCUT2D eigenvalue weighted by Gasteiger charge is 2.47. The Morgan fingerprint density at radius 1 is 1.17 bits per heavy atom. The largest absolute Gasteiger partial charge is 0.350 e. The van der Waals surface area contributed by atoms with Crippen LogP contribution < -0.4 is 0 Å². The zero-order valence-corrected chi connectivity index (χ0v) is 17.5. The van der Waals surface area contributed by atoms with Crippen LogP contribution in [0.2, 0.25) is 5.02 Å². The van der Waals surface area contributed by atoms with Gasteiger partial charge < -0.3 is 9.88 Å². The molecule has 5 heteroatoms. The molecule has 3 saturated heterocycles. The average molecular weight is 410 g/mol. The van der Waals surface area contributed by atoms with Crippen LogP contribution in [-0.2, 0) is 0 Å². The molecule has 0 unspecified atom stereocenters. The molecule has 1 aliphatic carbocycles. The van der Waals surface area contributed by atoms with E-state index in [2.05, 4.69) is 20.9 Å². The Hall–Kier alpha value is -1.78. The fraction of sp³-hybridized carbons (Fsp3) is 0.542. The summed E-state index contributed by atoms with van der Waals surface area (Å²) < 4.78 is 0. The molecule has 6 rings (SSSR count). The van der Waals surface area contributed by atoms with Crippen LogP contribution in [0.1, 0.15) is 49.0 Å². The molecule has 4 nitrogen and oxygen atoms in total. The lowest BCUT2D eigenvalue weighted by atomic mass is 9.68. The van der Waals surface area contributed by atoms with E-state index in [1.165, 1.54) is 37.8 Å². The highest BCUT2D eigenvalue weighted by Crippen LogP contribution is 2.45. The molecule has 1 aromatic heterocycles. The van der Waals surface area contributed by atoms with Gasteiger partial charge in [-0.2, -0.15) is 0 Å². The number of piperidine rings is 3. The number of nitrogens with zero attached hydrogens (tertiary/aromatic N) is 2. The molecule has 1 aromatic carbocycles. The standard InChI is InChI=1S/C24H28ClN3O/c25-19-6-3-7-20-18(19)13-21(26-20)24(29)28-10-4-5-15-11-16-12-17(23(15)28)14-27-9-2-1-8-22(16)27/h3,6-7,11,13,16-17,22-23,26H,1-2,4-5,8-10,12,14H2/t16-,17+,22-,23-/m1/s1. The first kappa shape index (κ1) is 18.0. The number of halogens is 1. The summed E-state index contributed by atoms with van der Waals surface area (Å²) in [6, 6.07) is 8.75. The van der Waals surface area contributed by atoms with Crippen molar-refractivity contribution in [3.63, 3.8) is 0 Å². The van der Waals surface area contributed by atoms with Crippen molar-refractivity contribution in [2.24, 2.45) is 11.8 Å². The maximum absolute atomic E-state index is 13.6. The van der Waals surface area contributed by atoms with Gasteiger partial charge in [-0.25, -0.2) is 0 Å². The van der Waals surface area contributed by atoms with Crippen molar-refractivity contribution in [2.45, 2.75) is 50.6 Å². The van der Waals surface area contributed by atoms with E-state index in [1.807, 2.05) is 24.3 Å². The molecule has 1 amide bonds. The fourth-order valence-corrected chi connectivity index (χ4v) is 6.82. The van der Waals surface area contributed by atoms with Crippen molar-refractivity contribution in [1.82, 2.24) is 14.8 Å². The number of fused-ring (bicyclic) bond motifs is 7. The predicted octanol–water partition coefficient (Wildman–Crippen LogP) is 4.86. The van der Waals surface area contributed by atoms with E-state index in [1.54, 1.807) is 0 Å². The molecule has 152 valence electrons. The van der Waals surface area contributed by atoms with Crippen molar-refractivity contribution in [3.05, 3.63) is 46.6 Å². The molecular formula is C24H28ClN3O. The molecule has 4 heterocycles. The molecule has 2 bridgehead atoms. The van der Waals surface area contributed by atoms with Crippen LogP contribution in [0.3, 0.4) is 0 Å². The van der Waals surface area contributed by atoms with Crippen molar-refractivity contribution < 1.29 is 4.79 Å². The highest BCUT2D eigenvalue weighted by molar-refractivity contribution is 6.35. The van der Waals surface area contributed by atoms with Gasteiger partial charge >= 0.3 is 0 Å². The molecular weight excluding hydrogens is 382 g/mol. The maximum Gasteiger partial charge on any atom is 0.270 e. The summed E-state index contributed by atoms with van der Waals surface area (Å²) in [4.78, 5) is 21.8. The van der Waals surface area contributed by atoms with Gasteiger partial charge in [-0.15, -0.1) is 0 Å². The average Bonchev–Trinajstić information content (AvgIpc) is 3.19. The van der Waals surface area contributed by atoms with Gasteiger partial charge in [-0.05, 0) is 68.7 Å². The van der Waals surface area contributed by atoms with Crippen molar-refractivity contribution in [2.75, 3.05) is 19.6 Å². The van der Waals surface area contributed by atoms with Gasteiger partial charge in [0.2, 0.25) is 0 Å². The highest BCUT2D eigenvalue weighted by atomic mass is 35.5.